The molecule has 5 heteroatoms. The minimum Gasteiger partial charge on any atom is -0.392 e. The van der Waals surface area contributed by atoms with Crippen LogP contribution in [-0.4, -0.2) is 53.9 Å². The van der Waals surface area contributed by atoms with Crippen molar-refractivity contribution in [1.29, 1.82) is 0 Å². The van der Waals surface area contributed by atoms with Gasteiger partial charge in [-0.15, -0.1) is 0 Å². The van der Waals surface area contributed by atoms with E-state index in [0.717, 1.165) is 31.5 Å². The molecular formula is C16H23N3OS. The summed E-state index contributed by atoms with van der Waals surface area (Å²) in [5, 5.41) is 0. The van der Waals surface area contributed by atoms with Gasteiger partial charge in [0.25, 0.3) is 0 Å². The highest BCUT2D eigenvalue weighted by atomic mass is 32.1. The SMILES string of the molecule is CN(C)C1CCCN(C(=O)C(C(N)=S)c2ccccc2)C1. The molecule has 0 spiro atoms. The van der Waals surface area contributed by atoms with E-state index in [1.54, 1.807) is 0 Å². The van der Waals surface area contributed by atoms with E-state index < -0.39 is 5.92 Å². The van der Waals surface area contributed by atoms with Crippen LogP contribution in [0.15, 0.2) is 30.3 Å². The van der Waals surface area contributed by atoms with Gasteiger partial charge in [-0.25, -0.2) is 0 Å². The quantitative estimate of drug-likeness (QED) is 0.859. The van der Waals surface area contributed by atoms with E-state index in [0.29, 0.717) is 6.04 Å². The monoisotopic (exact) mass is 305 g/mol. The molecular weight excluding hydrogens is 282 g/mol. The summed E-state index contributed by atoms with van der Waals surface area (Å²) in [5.41, 5.74) is 6.72. The molecule has 1 amide bonds. The van der Waals surface area contributed by atoms with Gasteiger partial charge in [0.05, 0.1) is 4.99 Å². The second-order valence-corrected chi connectivity index (χ2v) is 6.26. The normalized spacial score (nSPS) is 20.3. The lowest BCUT2D eigenvalue weighted by Gasteiger charge is -2.37. The van der Waals surface area contributed by atoms with Gasteiger partial charge in [-0.05, 0) is 32.5 Å². The highest BCUT2D eigenvalue weighted by molar-refractivity contribution is 7.80. The number of carbonyl (C=O) groups is 1. The van der Waals surface area contributed by atoms with Crippen molar-refractivity contribution < 1.29 is 4.79 Å². The number of likely N-dealkylation sites (tertiary alicyclic amines) is 1. The van der Waals surface area contributed by atoms with Crippen LogP contribution in [0.2, 0.25) is 0 Å². The molecule has 21 heavy (non-hydrogen) atoms. The van der Waals surface area contributed by atoms with Crippen LogP contribution in [0.25, 0.3) is 0 Å². The van der Waals surface area contributed by atoms with Gasteiger partial charge < -0.3 is 15.5 Å². The van der Waals surface area contributed by atoms with Crippen LogP contribution in [-0.2, 0) is 4.79 Å². The van der Waals surface area contributed by atoms with Gasteiger partial charge in [-0.3, -0.25) is 4.79 Å². The summed E-state index contributed by atoms with van der Waals surface area (Å²) in [5.74, 6) is -0.484. The molecule has 1 aromatic rings. The van der Waals surface area contributed by atoms with E-state index >= 15 is 0 Å². The number of hydrogen-bond acceptors (Lipinski definition) is 3. The van der Waals surface area contributed by atoms with E-state index in [1.165, 1.54) is 0 Å². The Morgan fingerprint density at radius 1 is 1.38 bits per heavy atom. The summed E-state index contributed by atoms with van der Waals surface area (Å²) in [6.45, 7) is 1.53. The van der Waals surface area contributed by atoms with Gasteiger partial charge in [0.15, 0.2) is 0 Å². The number of benzene rings is 1. The smallest absolute Gasteiger partial charge is 0.237 e. The first-order chi connectivity index (χ1) is 10.0. The Kier molecular flexibility index (Phi) is 5.31. The minimum absolute atomic E-state index is 0.0280. The number of carbonyl (C=O) groups excluding carboxylic acids is 1. The molecule has 0 aliphatic carbocycles. The van der Waals surface area contributed by atoms with E-state index in [2.05, 4.69) is 19.0 Å². The van der Waals surface area contributed by atoms with E-state index in [9.17, 15) is 4.79 Å². The molecule has 4 nitrogen and oxygen atoms in total. The third kappa shape index (κ3) is 3.80. The third-order valence-electron chi connectivity index (χ3n) is 4.10. The van der Waals surface area contributed by atoms with Gasteiger partial charge in [0.2, 0.25) is 5.91 Å². The number of rotatable bonds is 4. The van der Waals surface area contributed by atoms with Crippen LogP contribution >= 0.6 is 12.2 Å². The van der Waals surface area contributed by atoms with Crippen molar-refractivity contribution in [2.45, 2.75) is 24.8 Å². The topological polar surface area (TPSA) is 49.6 Å². The summed E-state index contributed by atoms with van der Waals surface area (Å²) in [4.78, 5) is 17.2. The molecule has 0 saturated carbocycles. The Balaban J connectivity index is 2.17. The fourth-order valence-electron chi connectivity index (χ4n) is 2.83. The van der Waals surface area contributed by atoms with E-state index in [-0.39, 0.29) is 10.9 Å². The molecule has 2 N–H and O–H groups in total. The molecule has 2 atom stereocenters. The fraction of sp³-hybridized carbons (Fsp3) is 0.500. The number of likely N-dealkylation sites (N-methyl/N-ethyl adjacent to an activating group) is 1. The van der Waals surface area contributed by atoms with Crippen molar-refractivity contribution in [2.75, 3.05) is 27.2 Å². The number of amides is 1. The molecule has 1 aliphatic heterocycles. The predicted molar refractivity (Wildman–Crippen MR) is 89.3 cm³/mol. The maximum atomic E-state index is 12.8. The maximum Gasteiger partial charge on any atom is 0.237 e. The van der Waals surface area contributed by atoms with Crippen LogP contribution in [0, 0.1) is 0 Å². The van der Waals surface area contributed by atoms with Crippen LogP contribution in [0.5, 0.6) is 0 Å². The summed E-state index contributed by atoms with van der Waals surface area (Å²) in [6.07, 6.45) is 2.15. The second-order valence-electron chi connectivity index (χ2n) is 5.79. The molecule has 2 unspecified atom stereocenters. The zero-order valence-corrected chi connectivity index (χ0v) is 13.5. The van der Waals surface area contributed by atoms with Crippen LogP contribution in [0.1, 0.15) is 24.3 Å². The van der Waals surface area contributed by atoms with Crippen molar-refractivity contribution in [3.63, 3.8) is 0 Å². The zero-order valence-electron chi connectivity index (χ0n) is 12.7. The molecule has 0 radical (unpaired) electrons. The second kappa shape index (κ2) is 7.00. The average molecular weight is 305 g/mol. The first-order valence-electron chi connectivity index (χ1n) is 7.30. The lowest BCUT2D eigenvalue weighted by molar-refractivity contribution is -0.133. The van der Waals surface area contributed by atoms with Crippen LogP contribution in [0.3, 0.4) is 0 Å². The lowest BCUT2D eigenvalue weighted by atomic mass is 9.95. The first-order valence-corrected chi connectivity index (χ1v) is 7.71. The lowest BCUT2D eigenvalue weighted by Crippen LogP contribution is -2.50. The third-order valence-corrected chi connectivity index (χ3v) is 4.34. The highest BCUT2D eigenvalue weighted by Crippen LogP contribution is 2.22. The van der Waals surface area contributed by atoms with E-state index in [4.69, 9.17) is 18.0 Å². The Bertz CT molecular complexity index is 504. The van der Waals surface area contributed by atoms with Gasteiger partial charge >= 0.3 is 0 Å². The Morgan fingerprint density at radius 2 is 2.05 bits per heavy atom. The van der Waals surface area contributed by atoms with Gasteiger partial charge in [-0.2, -0.15) is 0 Å². The van der Waals surface area contributed by atoms with Gasteiger partial charge in [0, 0.05) is 19.1 Å². The van der Waals surface area contributed by atoms with Crippen LogP contribution < -0.4 is 5.73 Å². The van der Waals surface area contributed by atoms with Crippen molar-refractivity contribution in [2.24, 2.45) is 5.73 Å². The summed E-state index contributed by atoms with van der Waals surface area (Å²) in [7, 11) is 4.11. The summed E-state index contributed by atoms with van der Waals surface area (Å²) >= 11 is 5.15. The standard InChI is InChI=1S/C16H23N3OS/c1-18(2)13-9-6-10-19(11-13)16(20)14(15(17)21)12-7-4-3-5-8-12/h3-5,7-8,13-14H,6,9-11H2,1-2H3,(H2,17,21). The zero-order chi connectivity index (χ0) is 15.4. The molecule has 1 heterocycles. The maximum absolute atomic E-state index is 12.8. The molecule has 0 aromatic heterocycles. The molecule has 1 aliphatic rings. The largest absolute Gasteiger partial charge is 0.392 e. The number of piperidine rings is 1. The van der Waals surface area contributed by atoms with Crippen molar-refractivity contribution in [3.8, 4) is 0 Å². The molecule has 1 aromatic carbocycles. The van der Waals surface area contributed by atoms with Crippen molar-refractivity contribution in [1.82, 2.24) is 9.80 Å². The summed E-state index contributed by atoms with van der Waals surface area (Å²) in [6, 6.07) is 9.97. The highest BCUT2D eigenvalue weighted by Gasteiger charge is 2.31. The van der Waals surface area contributed by atoms with Crippen LogP contribution in [0.4, 0.5) is 0 Å². The van der Waals surface area contributed by atoms with Gasteiger partial charge in [0.1, 0.15) is 5.92 Å². The Hall–Kier alpha value is -1.46. The van der Waals surface area contributed by atoms with E-state index in [1.807, 2.05) is 35.2 Å². The predicted octanol–water partition coefficient (Wildman–Crippen LogP) is 1.61. The number of nitrogens with zero attached hydrogens (tertiary/aromatic N) is 2. The summed E-state index contributed by atoms with van der Waals surface area (Å²) < 4.78 is 0. The Morgan fingerprint density at radius 3 is 2.62 bits per heavy atom. The number of thiocarbonyl (C=S) groups is 1. The molecule has 114 valence electrons. The number of nitrogens with two attached hydrogens (primary N) is 1. The molecule has 1 fully saturated rings. The first kappa shape index (κ1) is 15.9. The number of hydrogen-bond donors (Lipinski definition) is 1. The Labute approximate surface area is 131 Å². The molecule has 1 saturated heterocycles. The average Bonchev–Trinajstić information content (AvgIpc) is 2.48. The van der Waals surface area contributed by atoms with Crippen molar-refractivity contribution in [3.05, 3.63) is 35.9 Å². The molecule has 0 bridgehead atoms. The van der Waals surface area contributed by atoms with Crippen molar-refractivity contribution >= 4 is 23.1 Å². The van der Waals surface area contributed by atoms with Gasteiger partial charge in [-0.1, -0.05) is 42.5 Å². The fourth-order valence-corrected chi connectivity index (χ4v) is 3.07. The minimum atomic E-state index is -0.512. The molecule has 2 rings (SSSR count).